The van der Waals surface area contributed by atoms with Crippen molar-refractivity contribution < 1.29 is 4.74 Å². The summed E-state index contributed by atoms with van der Waals surface area (Å²) < 4.78 is 7.80. The molecule has 152 valence electrons. The van der Waals surface area contributed by atoms with Gasteiger partial charge in [-0.15, -0.1) is 11.3 Å². The summed E-state index contributed by atoms with van der Waals surface area (Å²) in [6, 6.07) is 16.4. The first kappa shape index (κ1) is 20.4. The maximum atomic E-state index is 6.10. The van der Waals surface area contributed by atoms with Gasteiger partial charge < -0.3 is 9.30 Å². The van der Waals surface area contributed by atoms with Crippen molar-refractivity contribution in [1.29, 1.82) is 0 Å². The van der Waals surface area contributed by atoms with Gasteiger partial charge in [-0.3, -0.25) is 4.90 Å². The molecular weight excluding hydrogens is 402 g/mol. The number of rotatable bonds is 6. The fraction of sp³-hybridized carbons (Fsp3) is 0.348. The summed E-state index contributed by atoms with van der Waals surface area (Å²) in [6.45, 7) is 7.85. The van der Waals surface area contributed by atoms with Crippen LogP contribution in [0.3, 0.4) is 0 Å². The zero-order valence-electron chi connectivity index (χ0n) is 16.7. The van der Waals surface area contributed by atoms with Crippen LogP contribution >= 0.6 is 22.9 Å². The summed E-state index contributed by atoms with van der Waals surface area (Å²) >= 11 is 7.79. The van der Waals surface area contributed by atoms with Gasteiger partial charge in [-0.1, -0.05) is 41.4 Å². The lowest BCUT2D eigenvalue weighted by Crippen LogP contribution is -2.37. The molecule has 0 radical (unpaired) electrons. The molecule has 1 aliphatic rings. The Morgan fingerprint density at radius 2 is 1.72 bits per heavy atom. The van der Waals surface area contributed by atoms with Crippen LogP contribution in [-0.4, -0.2) is 42.3 Å². The molecule has 0 saturated carbocycles. The van der Waals surface area contributed by atoms with Crippen molar-refractivity contribution in [3.63, 3.8) is 0 Å². The fourth-order valence-electron chi connectivity index (χ4n) is 3.49. The molecule has 1 aliphatic heterocycles. The Hall–Kier alpha value is -1.92. The highest BCUT2D eigenvalue weighted by atomic mass is 35.5. The highest BCUT2D eigenvalue weighted by molar-refractivity contribution is 7.07. The topological polar surface area (TPSA) is 29.8 Å². The van der Waals surface area contributed by atoms with Gasteiger partial charge in [0.25, 0.3) is 0 Å². The molecule has 1 saturated heterocycles. The van der Waals surface area contributed by atoms with Crippen LogP contribution in [0, 0.1) is 6.92 Å². The Morgan fingerprint density at radius 1 is 1.00 bits per heavy atom. The van der Waals surface area contributed by atoms with E-state index in [0.717, 1.165) is 61.3 Å². The number of thiazole rings is 1. The number of nitrogens with zero attached hydrogens (tertiary/aromatic N) is 3. The van der Waals surface area contributed by atoms with E-state index in [1.165, 1.54) is 16.8 Å². The van der Waals surface area contributed by atoms with E-state index in [0.29, 0.717) is 0 Å². The fourth-order valence-corrected chi connectivity index (χ4v) is 4.57. The van der Waals surface area contributed by atoms with Crippen LogP contribution in [-0.2, 0) is 11.3 Å². The summed E-state index contributed by atoms with van der Waals surface area (Å²) in [5.74, 6) is 0. The van der Waals surface area contributed by atoms with Gasteiger partial charge >= 0.3 is 0 Å². The Bertz CT molecular complexity index is 986. The zero-order chi connectivity index (χ0) is 20.1. The monoisotopic (exact) mass is 427 g/mol. The molecule has 0 bridgehead atoms. The summed E-state index contributed by atoms with van der Waals surface area (Å²) in [6.07, 6.45) is 1.08. The van der Waals surface area contributed by atoms with Gasteiger partial charge in [0.05, 0.1) is 24.6 Å². The van der Waals surface area contributed by atoms with Gasteiger partial charge in [0.1, 0.15) is 0 Å². The third-order valence-electron chi connectivity index (χ3n) is 5.16. The predicted molar refractivity (Wildman–Crippen MR) is 121 cm³/mol. The summed E-state index contributed by atoms with van der Waals surface area (Å²) in [5.41, 5.74) is 4.60. The average molecular weight is 428 g/mol. The molecular formula is C23H26ClN3OS. The molecule has 2 aromatic carbocycles. The average Bonchev–Trinajstić information content (AvgIpc) is 3.13. The van der Waals surface area contributed by atoms with Crippen molar-refractivity contribution >= 4 is 28.6 Å². The van der Waals surface area contributed by atoms with Gasteiger partial charge in [0.2, 0.25) is 0 Å². The second-order valence-electron chi connectivity index (χ2n) is 7.32. The maximum Gasteiger partial charge on any atom is 0.190 e. The highest BCUT2D eigenvalue weighted by Crippen LogP contribution is 2.23. The number of morpholine rings is 1. The molecule has 6 heteroatoms. The third kappa shape index (κ3) is 5.37. The smallest absolute Gasteiger partial charge is 0.190 e. The molecule has 1 aromatic heterocycles. The number of aryl methyl sites for hydroxylation is 1. The number of halogens is 1. The Morgan fingerprint density at radius 3 is 2.45 bits per heavy atom. The van der Waals surface area contributed by atoms with Gasteiger partial charge in [-0.2, -0.15) is 0 Å². The number of hydrogen-bond acceptors (Lipinski definition) is 4. The number of aromatic nitrogens is 1. The minimum Gasteiger partial charge on any atom is -0.379 e. The lowest BCUT2D eigenvalue weighted by Gasteiger charge is -2.26. The summed E-state index contributed by atoms with van der Waals surface area (Å²) in [4.78, 5) is 8.44. The second kappa shape index (κ2) is 9.72. The van der Waals surface area contributed by atoms with E-state index in [4.69, 9.17) is 21.3 Å². The maximum absolute atomic E-state index is 6.10. The molecule has 4 nitrogen and oxygen atoms in total. The minimum atomic E-state index is 0.757. The second-order valence-corrected chi connectivity index (χ2v) is 8.59. The van der Waals surface area contributed by atoms with Crippen LogP contribution in [0.25, 0.3) is 11.3 Å². The molecule has 0 N–H and O–H groups in total. The van der Waals surface area contributed by atoms with Crippen molar-refractivity contribution in [2.24, 2.45) is 4.99 Å². The highest BCUT2D eigenvalue weighted by Gasteiger charge is 2.12. The molecule has 4 rings (SSSR count). The number of ether oxygens (including phenoxy) is 1. The molecule has 0 amide bonds. The van der Waals surface area contributed by atoms with Crippen molar-refractivity contribution in [2.75, 3.05) is 32.8 Å². The van der Waals surface area contributed by atoms with Crippen LogP contribution in [0.5, 0.6) is 0 Å². The van der Waals surface area contributed by atoms with Crippen LogP contribution < -0.4 is 4.80 Å². The van der Waals surface area contributed by atoms with Gasteiger partial charge in [-0.25, -0.2) is 4.99 Å². The van der Waals surface area contributed by atoms with Crippen LogP contribution in [0.15, 0.2) is 58.9 Å². The van der Waals surface area contributed by atoms with Crippen molar-refractivity contribution in [2.45, 2.75) is 19.9 Å². The Labute approximate surface area is 181 Å². The first-order chi connectivity index (χ1) is 14.2. The van der Waals surface area contributed by atoms with Crippen LogP contribution in [0.2, 0.25) is 5.02 Å². The van der Waals surface area contributed by atoms with Crippen molar-refractivity contribution in [1.82, 2.24) is 9.47 Å². The Kier molecular flexibility index (Phi) is 6.82. The molecule has 0 aliphatic carbocycles. The molecule has 0 atom stereocenters. The van der Waals surface area contributed by atoms with E-state index in [1.807, 2.05) is 12.1 Å². The van der Waals surface area contributed by atoms with Gasteiger partial charge in [0.15, 0.2) is 4.80 Å². The SMILES string of the molecule is Cc1ccc(N=c2scc(-c3ccc(Cl)cc3)n2CCCN2CCOCC2)cc1. The first-order valence-electron chi connectivity index (χ1n) is 10.0. The largest absolute Gasteiger partial charge is 0.379 e. The van der Waals surface area contributed by atoms with E-state index >= 15 is 0 Å². The molecule has 29 heavy (non-hydrogen) atoms. The van der Waals surface area contributed by atoms with E-state index in [2.05, 4.69) is 58.2 Å². The molecule has 0 spiro atoms. The van der Waals surface area contributed by atoms with Crippen molar-refractivity contribution in [3.8, 4) is 11.3 Å². The third-order valence-corrected chi connectivity index (χ3v) is 6.27. The normalized spacial score (nSPS) is 15.7. The lowest BCUT2D eigenvalue weighted by atomic mass is 10.2. The lowest BCUT2D eigenvalue weighted by molar-refractivity contribution is 0.0369. The summed E-state index contributed by atoms with van der Waals surface area (Å²) in [5, 5.41) is 2.96. The van der Waals surface area contributed by atoms with Gasteiger partial charge in [0, 0.05) is 36.6 Å². The van der Waals surface area contributed by atoms with E-state index < -0.39 is 0 Å². The van der Waals surface area contributed by atoms with E-state index in [9.17, 15) is 0 Å². The molecule has 3 aromatic rings. The van der Waals surface area contributed by atoms with Crippen molar-refractivity contribution in [3.05, 3.63) is 69.3 Å². The molecule has 1 fully saturated rings. The zero-order valence-corrected chi connectivity index (χ0v) is 18.3. The summed E-state index contributed by atoms with van der Waals surface area (Å²) in [7, 11) is 0. The standard InChI is InChI=1S/C23H26ClN3OS/c1-18-3-9-21(10-4-18)25-23-27(12-2-11-26-13-15-28-16-14-26)22(17-29-23)19-5-7-20(24)8-6-19/h3-10,17H,2,11-16H2,1H3. The minimum absolute atomic E-state index is 0.757. The molecule has 0 unspecified atom stereocenters. The van der Waals surface area contributed by atoms with Gasteiger partial charge in [-0.05, 0) is 43.2 Å². The number of benzene rings is 2. The number of hydrogen-bond donors (Lipinski definition) is 0. The quantitative estimate of drug-likeness (QED) is 0.545. The van der Waals surface area contributed by atoms with Crippen LogP contribution in [0.4, 0.5) is 5.69 Å². The van der Waals surface area contributed by atoms with Crippen LogP contribution in [0.1, 0.15) is 12.0 Å². The van der Waals surface area contributed by atoms with E-state index in [1.54, 1.807) is 11.3 Å². The predicted octanol–water partition coefficient (Wildman–Crippen LogP) is 5.13. The first-order valence-corrected chi connectivity index (χ1v) is 11.3. The van der Waals surface area contributed by atoms with E-state index in [-0.39, 0.29) is 0 Å². The molecule has 2 heterocycles. The Balaban J connectivity index is 1.61.